The van der Waals surface area contributed by atoms with E-state index in [-0.39, 0.29) is 11.7 Å². The fraction of sp³-hybridized carbons (Fsp3) is 0.318. The lowest BCUT2D eigenvalue weighted by Crippen LogP contribution is -2.36. The molecule has 5 N–H and O–H groups in total. The maximum absolute atomic E-state index is 11.7. The molecule has 0 bridgehead atoms. The molecule has 0 atom stereocenters. The Morgan fingerprint density at radius 1 is 0.974 bits per heavy atom. The molecule has 1 fully saturated rings. The number of halogens is 6. The van der Waals surface area contributed by atoms with Gasteiger partial charge >= 0.3 is 24.3 Å². The highest BCUT2D eigenvalue weighted by Crippen LogP contribution is 2.32. The van der Waals surface area contributed by atoms with E-state index in [2.05, 4.69) is 19.9 Å². The van der Waals surface area contributed by atoms with E-state index in [1.54, 1.807) is 24.7 Å². The van der Waals surface area contributed by atoms with E-state index >= 15 is 0 Å². The first kappa shape index (κ1) is 30.8. The van der Waals surface area contributed by atoms with Gasteiger partial charge in [0.05, 0.1) is 17.5 Å². The number of carboxylic acid groups (broad SMARTS) is 2. The van der Waals surface area contributed by atoms with Crippen molar-refractivity contribution in [3.63, 3.8) is 0 Å². The van der Waals surface area contributed by atoms with Crippen molar-refractivity contribution in [1.82, 2.24) is 19.9 Å². The van der Waals surface area contributed by atoms with Crippen LogP contribution in [-0.4, -0.2) is 78.7 Å². The number of aliphatic hydroxyl groups is 1. The normalized spacial score (nSPS) is 14.0. The van der Waals surface area contributed by atoms with Gasteiger partial charge < -0.3 is 30.2 Å². The Morgan fingerprint density at radius 3 is 2.00 bits per heavy atom. The van der Waals surface area contributed by atoms with E-state index in [4.69, 9.17) is 24.8 Å². The summed E-state index contributed by atoms with van der Waals surface area (Å²) in [7, 11) is 0. The van der Waals surface area contributed by atoms with Gasteiger partial charge in [0.15, 0.2) is 0 Å². The van der Waals surface area contributed by atoms with E-state index in [0.29, 0.717) is 0 Å². The van der Waals surface area contributed by atoms with Crippen molar-refractivity contribution < 1.29 is 51.3 Å². The number of hydrogen-bond acceptors (Lipinski definition) is 7. The number of piperidine rings is 1. The van der Waals surface area contributed by atoms with E-state index in [1.165, 1.54) is 0 Å². The highest BCUT2D eigenvalue weighted by molar-refractivity contribution is 5.79. The Balaban J connectivity index is 0.000000317. The van der Waals surface area contributed by atoms with Gasteiger partial charge in [0, 0.05) is 48.9 Å². The highest BCUT2D eigenvalue weighted by atomic mass is 19.4. The number of aromatic amines is 2. The van der Waals surface area contributed by atoms with Crippen molar-refractivity contribution in [2.75, 3.05) is 18.0 Å². The molecule has 0 radical (unpaired) electrons. The molecule has 0 aromatic carbocycles. The molecule has 17 heteroatoms. The van der Waals surface area contributed by atoms with Crippen molar-refractivity contribution in [3.8, 4) is 22.5 Å². The molecule has 1 aliphatic heterocycles. The van der Waals surface area contributed by atoms with Crippen LogP contribution in [0.4, 0.5) is 32.3 Å². The second-order valence-corrected chi connectivity index (χ2v) is 7.79. The number of anilines is 1. The fourth-order valence-electron chi connectivity index (χ4n) is 3.11. The molecule has 3 aromatic rings. The number of carboxylic acids is 2. The summed E-state index contributed by atoms with van der Waals surface area (Å²) >= 11 is 0. The predicted molar refractivity (Wildman–Crippen MR) is 123 cm³/mol. The summed E-state index contributed by atoms with van der Waals surface area (Å²) in [6, 6.07) is 7.21. The molecule has 39 heavy (non-hydrogen) atoms. The van der Waals surface area contributed by atoms with Crippen LogP contribution >= 0.6 is 0 Å². The zero-order valence-electron chi connectivity index (χ0n) is 19.6. The molecule has 0 aliphatic carbocycles. The maximum atomic E-state index is 11.7. The van der Waals surface area contributed by atoms with Crippen molar-refractivity contribution in [2.45, 2.75) is 31.3 Å². The van der Waals surface area contributed by atoms with Gasteiger partial charge in [-0.1, -0.05) is 0 Å². The van der Waals surface area contributed by atoms with Gasteiger partial charge in [0.2, 0.25) is 11.5 Å². The highest BCUT2D eigenvalue weighted by Gasteiger charge is 2.38. The SMILES string of the molecule is O=C(O)C(F)(F)F.O=C(O)C(F)(F)F.O=c1cc(-c2[nH]c(N3CCC(O)CC3)nc2-c2cccnc2)cc[nH]1. The molecule has 1 saturated heterocycles. The van der Waals surface area contributed by atoms with Gasteiger partial charge in [0.1, 0.15) is 0 Å². The summed E-state index contributed by atoms with van der Waals surface area (Å²) in [5, 5.41) is 24.0. The number of rotatable bonds is 3. The predicted octanol–water partition coefficient (Wildman–Crippen LogP) is 3.05. The summed E-state index contributed by atoms with van der Waals surface area (Å²) < 4.78 is 63.5. The third-order valence-corrected chi connectivity index (χ3v) is 4.94. The number of nitrogens with zero attached hydrogens (tertiary/aromatic N) is 3. The Morgan fingerprint density at radius 2 is 1.54 bits per heavy atom. The number of aliphatic carboxylic acids is 2. The molecular weight excluding hydrogens is 544 g/mol. The number of alkyl halides is 6. The summed E-state index contributed by atoms with van der Waals surface area (Å²) in [5.74, 6) is -4.76. The van der Waals surface area contributed by atoms with E-state index in [9.17, 15) is 36.2 Å². The van der Waals surface area contributed by atoms with Gasteiger partial charge in [-0.2, -0.15) is 26.3 Å². The Bertz CT molecular complexity index is 1280. The summed E-state index contributed by atoms with van der Waals surface area (Å²) in [6.07, 6.45) is -3.85. The number of H-pyrrole nitrogens is 2. The van der Waals surface area contributed by atoms with Gasteiger partial charge in [-0.25, -0.2) is 14.6 Å². The van der Waals surface area contributed by atoms with E-state index < -0.39 is 24.3 Å². The first-order valence-electron chi connectivity index (χ1n) is 10.8. The third kappa shape index (κ3) is 9.44. The van der Waals surface area contributed by atoms with Gasteiger partial charge in [-0.05, 0) is 31.0 Å². The van der Waals surface area contributed by atoms with Crippen LogP contribution in [0.5, 0.6) is 0 Å². The van der Waals surface area contributed by atoms with Crippen molar-refractivity contribution in [2.24, 2.45) is 0 Å². The molecule has 3 aromatic heterocycles. The molecule has 0 unspecified atom stereocenters. The van der Waals surface area contributed by atoms with Gasteiger partial charge in [-0.3, -0.25) is 9.78 Å². The molecule has 0 amide bonds. The monoisotopic (exact) mass is 565 g/mol. The van der Waals surface area contributed by atoms with Crippen LogP contribution in [0, 0.1) is 0 Å². The van der Waals surface area contributed by atoms with E-state index in [1.807, 2.05) is 18.2 Å². The van der Waals surface area contributed by atoms with Crippen LogP contribution < -0.4 is 10.5 Å². The Hall–Kier alpha value is -4.41. The average Bonchev–Trinajstić information content (AvgIpc) is 3.30. The lowest BCUT2D eigenvalue weighted by molar-refractivity contribution is -0.193. The van der Waals surface area contributed by atoms with Crippen LogP contribution in [0.3, 0.4) is 0 Å². The van der Waals surface area contributed by atoms with Crippen LogP contribution in [0.25, 0.3) is 22.5 Å². The number of aliphatic hydroxyl groups excluding tert-OH is 1. The molecular formula is C22H21F6N5O6. The van der Waals surface area contributed by atoms with Crippen LogP contribution in [0.15, 0.2) is 47.7 Å². The minimum absolute atomic E-state index is 0.160. The van der Waals surface area contributed by atoms with Crippen molar-refractivity contribution >= 4 is 17.9 Å². The molecule has 0 saturated carbocycles. The summed E-state index contributed by atoms with van der Waals surface area (Å²) in [4.78, 5) is 46.6. The van der Waals surface area contributed by atoms with Crippen LogP contribution in [0.2, 0.25) is 0 Å². The van der Waals surface area contributed by atoms with E-state index in [0.717, 1.165) is 54.4 Å². The van der Waals surface area contributed by atoms with Gasteiger partial charge in [0.25, 0.3) is 0 Å². The number of imidazole rings is 1. The molecule has 11 nitrogen and oxygen atoms in total. The minimum Gasteiger partial charge on any atom is -0.475 e. The first-order valence-corrected chi connectivity index (χ1v) is 10.8. The van der Waals surface area contributed by atoms with Crippen LogP contribution in [-0.2, 0) is 9.59 Å². The summed E-state index contributed by atoms with van der Waals surface area (Å²) in [5.41, 5.74) is 3.06. The number of hydrogen-bond donors (Lipinski definition) is 5. The Kier molecular flexibility index (Phi) is 10.2. The second-order valence-electron chi connectivity index (χ2n) is 7.79. The maximum Gasteiger partial charge on any atom is 0.490 e. The quantitative estimate of drug-likeness (QED) is 0.299. The zero-order valence-corrected chi connectivity index (χ0v) is 19.6. The number of pyridine rings is 2. The lowest BCUT2D eigenvalue weighted by atomic mass is 10.1. The first-order chi connectivity index (χ1) is 18.1. The number of carbonyl (C=O) groups is 2. The average molecular weight is 565 g/mol. The number of aromatic nitrogens is 4. The largest absolute Gasteiger partial charge is 0.490 e. The molecule has 4 rings (SSSR count). The zero-order chi connectivity index (χ0) is 29.4. The van der Waals surface area contributed by atoms with Crippen LogP contribution in [0.1, 0.15) is 12.8 Å². The topological polar surface area (TPSA) is 172 Å². The molecule has 0 spiro atoms. The Labute approximate surface area is 214 Å². The standard InChI is InChI=1S/C18H19N5O2.2C2HF3O2/c24-14-4-8-23(9-5-14)18-21-16(12-3-7-20-15(25)10-12)17(22-18)13-2-1-6-19-11-13;2*3-2(4,5)1(6)7/h1-3,6-7,10-11,14,24H,4-5,8-9H2,(H,20,25)(H,21,22);2*(H,6,7). The fourth-order valence-corrected chi connectivity index (χ4v) is 3.11. The molecule has 1 aliphatic rings. The molecule has 212 valence electrons. The van der Waals surface area contributed by atoms with Gasteiger partial charge in [-0.15, -0.1) is 0 Å². The summed E-state index contributed by atoms with van der Waals surface area (Å²) in [6.45, 7) is 1.49. The third-order valence-electron chi connectivity index (χ3n) is 4.94. The lowest BCUT2D eigenvalue weighted by Gasteiger charge is -2.29. The van der Waals surface area contributed by atoms with Crippen molar-refractivity contribution in [1.29, 1.82) is 0 Å². The number of nitrogens with one attached hydrogen (secondary N) is 2. The molecule has 4 heterocycles. The van der Waals surface area contributed by atoms with Crippen molar-refractivity contribution in [3.05, 3.63) is 53.2 Å². The minimum atomic E-state index is -5.08. The smallest absolute Gasteiger partial charge is 0.475 e. The second kappa shape index (κ2) is 12.9.